The van der Waals surface area contributed by atoms with Crippen LogP contribution in [0.2, 0.25) is 0 Å². The van der Waals surface area contributed by atoms with Gasteiger partial charge in [0.05, 0.1) is 0 Å². The Bertz CT molecular complexity index is 455. The van der Waals surface area contributed by atoms with E-state index in [2.05, 4.69) is 17.6 Å². The van der Waals surface area contributed by atoms with E-state index < -0.39 is 6.04 Å². The predicted molar refractivity (Wildman–Crippen MR) is 81.0 cm³/mol. The molecule has 0 aliphatic heterocycles. The Kier molecular flexibility index (Phi) is 7.11. The normalized spacial score (nSPS) is 12.1. The summed E-state index contributed by atoms with van der Waals surface area (Å²) in [6.45, 7) is 4.39. The molecule has 0 heterocycles. The highest BCUT2D eigenvalue weighted by atomic mass is 16.2. The number of hydrogen-bond acceptors (Lipinski definition) is 2. The van der Waals surface area contributed by atoms with Crippen molar-refractivity contribution in [1.82, 2.24) is 10.6 Å². The number of hydrogen-bond donors (Lipinski definition) is 2. The fraction of sp³-hybridized carbons (Fsp3) is 0.375. The van der Waals surface area contributed by atoms with Crippen LogP contribution < -0.4 is 10.6 Å². The minimum Gasteiger partial charge on any atom is -0.354 e. The summed E-state index contributed by atoms with van der Waals surface area (Å²) in [5.74, 6) is -0.424. The van der Waals surface area contributed by atoms with Crippen LogP contribution in [0.15, 0.2) is 36.4 Å². The smallest absolute Gasteiger partial charge is 0.244 e. The highest BCUT2D eigenvalue weighted by Gasteiger charge is 2.13. The van der Waals surface area contributed by atoms with Crippen molar-refractivity contribution in [2.75, 3.05) is 6.54 Å². The van der Waals surface area contributed by atoms with Crippen LogP contribution in [0.25, 0.3) is 6.08 Å². The summed E-state index contributed by atoms with van der Waals surface area (Å²) < 4.78 is 0. The molecule has 4 heteroatoms. The third-order valence-electron chi connectivity index (χ3n) is 2.81. The second kappa shape index (κ2) is 8.91. The maximum Gasteiger partial charge on any atom is 0.244 e. The van der Waals surface area contributed by atoms with Crippen LogP contribution in [0.3, 0.4) is 0 Å². The lowest BCUT2D eigenvalue weighted by molar-refractivity contribution is -0.126. The van der Waals surface area contributed by atoms with Gasteiger partial charge in [0.15, 0.2) is 0 Å². The van der Waals surface area contributed by atoms with Gasteiger partial charge in [0.25, 0.3) is 0 Å². The Balaban J connectivity index is 2.38. The molecule has 0 aromatic heterocycles. The van der Waals surface area contributed by atoms with Crippen molar-refractivity contribution in [2.45, 2.75) is 32.7 Å². The average molecular weight is 274 g/mol. The number of amides is 2. The molecule has 0 saturated heterocycles. The molecule has 0 saturated carbocycles. The van der Waals surface area contributed by atoms with Gasteiger partial charge < -0.3 is 10.6 Å². The molecule has 0 aliphatic rings. The van der Waals surface area contributed by atoms with Crippen LogP contribution in [0.1, 0.15) is 32.3 Å². The lowest BCUT2D eigenvalue weighted by Crippen LogP contribution is -2.44. The van der Waals surface area contributed by atoms with E-state index >= 15 is 0 Å². The van der Waals surface area contributed by atoms with Gasteiger partial charge in [0, 0.05) is 12.6 Å². The first-order valence-electron chi connectivity index (χ1n) is 6.94. The van der Waals surface area contributed by atoms with Crippen LogP contribution in [-0.4, -0.2) is 24.4 Å². The molecule has 108 valence electrons. The zero-order valence-electron chi connectivity index (χ0n) is 12.1. The molecule has 1 atom stereocenters. The third kappa shape index (κ3) is 6.18. The van der Waals surface area contributed by atoms with Crippen LogP contribution in [0, 0.1) is 0 Å². The summed E-state index contributed by atoms with van der Waals surface area (Å²) in [5, 5.41) is 5.42. The second-order valence-corrected chi connectivity index (χ2v) is 4.62. The summed E-state index contributed by atoms with van der Waals surface area (Å²) in [5.41, 5.74) is 0.947. The number of nitrogens with one attached hydrogen (secondary N) is 2. The molecule has 4 nitrogen and oxygen atoms in total. The first-order valence-corrected chi connectivity index (χ1v) is 6.94. The van der Waals surface area contributed by atoms with Gasteiger partial charge in [-0.15, -0.1) is 0 Å². The minimum absolute atomic E-state index is 0.153. The SMILES string of the molecule is CCCCNC(=O)C(C)NC(=O)/C=C/c1ccccc1. The van der Waals surface area contributed by atoms with Crippen molar-refractivity contribution in [2.24, 2.45) is 0 Å². The number of benzene rings is 1. The fourth-order valence-corrected chi connectivity index (χ4v) is 1.60. The summed E-state index contributed by atoms with van der Waals surface area (Å²) >= 11 is 0. The molecule has 1 unspecified atom stereocenters. The molecule has 20 heavy (non-hydrogen) atoms. The summed E-state index contributed by atoms with van der Waals surface area (Å²) in [7, 11) is 0. The van der Waals surface area contributed by atoms with Gasteiger partial charge in [-0.2, -0.15) is 0 Å². The zero-order chi connectivity index (χ0) is 14.8. The number of carbonyl (C=O) groups is 2. The first kappa shape index (κ1) is 16.0. The molecular weight excluding hydrogens is 252 g/mol. The largest absolute Gasteiger partial charge is 0.354 e. The fourth-order valence-electron chi connectivity index (χ4n) is 1.60. The monoisotopic (exact) mass is 274 g/mol. The molecule has 0 fully saturated rings. The molecule has 0 spiro atoms. The van der Waals surface area contributed by atoms with Gasteiger partial charge in [-0.1, -0.05) is 43.7 Å². The molecule has 1 aromatic carbocycles. The van der Waals surface area contributed by atoms with Crippen LogP contribution in [0.4, 0.5) is 0 Å². The summed E-state index contributed by atoms with van der Waals surface area (Å²) in [6.07, 6.45) is 5.13. The minimum atomic E-state index is -0.528. The molecule has 0 aliphatic carbocycles. The summed E-state index contributed by atoms with van der Waals surface area (Å²) in [6, 6.07) is 9.01. The Labute approximate surface area is 120 Å². The quantitative estimate of drug-likeness (QED) is 0.591. The molecular formula is C16H22N2O2. The van der Waals surface area contributed by atoms with Gasteiger partial charge in [-0.05, 0) is 25.0 Å². The van der Waals surface area contributed by atoms with Gasteiger partial charge in [-0.3, -0.25) is 9.59 Å². The standard InChI is InChI=1S/C16H22N2O2/c1-3-4-12-17-16(20)13(2)18-15(19)11-10-14-8-6-5-7-9-14/h5-11,13H,3-4,12H2,1-2H3,(H,17,20)(H,18,19)/b11-10+. The van der Waals surface area contributed by atoms with Gasteiger partial charge >= 0.3 is 0 Å². The maximum absolute atomic E-state index is 11.7. The Morgan fingerprint density at radius 3 is 2.60 bits per heavy atom. The van der Waals surface area contributed by atoms with Crippen molar-refractivity contribution >= 4 is 17.9 Å². The molecule has 1 rings (SSSR count). The predicted octanol–water partition coefficient (Wildman–Crippen LogP) is 2.12. The average Bonchev–Trinajstić information content (AvgIpc) is 2.46. The Morgan fingerprint density at radius 2 is 1.95 bits per heavy atom. The van der Waals surface area contributed by atoms with Gasteiger partial charge in [0.1, 0.15) is 6.04 Å². The number of unbranched alkanes of at least 4 members (excludes halogenated alkanes) is 1. The molecule has 1 aromatic rings. The van der Waals surface area contributed by atoms with Crippen LogP contribution in [0.5, 0.6) is 0 Å². The maximum atomic E-state index is 11.7. The van der Waals surface area contributed by atoms with E-state index in [-0.39, 0.29) is 11.8 Å². The molecule has 0 radical (unpaired) electrons. The molecule has 0 bridgehead atoms. The van der Waals surface area contributed by atoms with E-state index in [9.17, 15) is 9.59 Å². The van der Waals surface area contributed by atoms with E-state index in [4.69, 9.17) is 0 Å². The first-order chi connectivity index (χ1) is 9.63. The molecule has 2 N–H and O–H groups in total. The van der Waals surface area contributed by atoms with Gasteiger partial charge in [0.2, 0.25) is 11.8 Å². The Morgan fingerprint density at radius 1 is 1.25 bits per heavy atom. The van der Waals surface area contributed by atoms with Gasteiger partial charge in [-0.25, -0.2) is 0 Å². The van der Waals surface area contributed by atoms with E-state index in [0.717, 1.165) is 18.4 Å². The summed E-state index contributed by atoms with van der Waals surface area (Å²) in [4.78, 5) is 23.4. The highest BCUT2D eigenvalue weighted by Crippen LogP contribution is 2.00. The zero-order valence-corrected chi connectivity index (χ0v) is 12.1. The van der Waals surface area contributed by atoms with E-state index in [1.165, 1.54) is 6.08 Å². The van der Waals surface area contributed by atoms with E-state index in [0.29, 0.717) is 6.54 Å². The van der Waals surface area contributed by atoms with Crippen molar-refractivity contribution in [3.8, 4) is 0 Å². The van der Waals surface area contributed by atoms with E-state index in [1.54, 1.807) is 13.0 Å². The lowest BCUT2D eigenvalue weighted by atomic mass is 10.2. The van der Waals surface area contributed by atoms with Crippen molar-refractivity contribution in [3.05, 3.63) is 42.0 Å². The van der Waals surface area contributed by atoms with Crippen LogP contribution >= 0.6 is 0 Å². The second-order valence-electron chi connectivity index (χ2n) is 4.62. The number of carbonyl (C=O) groups excluding carboxylic acids is 2. The lowest BCUT2D eigenvalue weighted by Gasteiger charge is -2.12. The van der Waals surface area contributed by atoms with Crippen molar-refractivity contribution in [1.29, 1.82) is 0 Å². The van der Waals surface area contributed by atoms with Crippen LogP contribution in [-0.2, 0) is 9.59 Å². The number of rotatable bonds is 7. The third-order valence-corrected chi connectivity index (χ3v) is 2.81. The highest BCUT2D eigenvalue weighted by molar-refractivity contribution is 5.95. The van der Waals surface area contributed by atoms with Crippen molar-refractivity contribution < 1.29 is 9.59 Å². The van der Waals surface area contributed by atoms with Crippen molar-refractivity contribution in [3.63, 3.8) is 0 Å². The Hall–Kier alpha value is -2.10. The molecule has 2 amide bonds. The van der Waals surface area contributed by atoms with E-state index in [1.807, 2.05) is 30.3 Å². The topological polar surface area (TPSA) is 58.2 Å².